The number of fused-ring (bicyclic) bond motifs is 1. The van der Waals surface area contributed by atoms with Crippen molar-refractivity contribution >= 4 is 11.6 Å². The predicted octanol–water partition coefficient (Wildman–Crippen LogP) is 1.65. The lowest BCUT2D eigenvalue weighted by atomic mass is 10.1. The molecule has 0 fully saturated rings. The first-order valence-electron chi connectivity index (χ1n) is 4.60. The van der Waals surface area contributed by atoms with Gasteiger partial charge in [-0.2, -0.15) is 0 Å². The Bertz CT molecular complexity index is 438. The monoisotopic (exact) mass is 203 g/mol. The lowest BCUT2D eigenvalue weighted by Gasteiger charge is -2.05. The Kier molecular flexibility index (Phi) is 2.51. The van der Waals surface area contributed by atoms with Gasteiger partial charge >= 0.3 is 0 Å². The summed E-state index contributed by atoms with van der Waals surface area (Å²) in [6.07, 6.45) is 2.82. The highest BCUT2D eigenvalue weighted by Gasteiger charge is 2.22. The largest absolute Gasteiger partial charge is 0.324 e. The Morgan fingerprint density at radius 1 is 1.67 bits per heavy atom. The van der Waals surface area contributed by atoms with Crippen molar-refractivity contribution in [3.63, 3.8) is 0 Å². The molecule has 1 aromatic heterocycles. The van der Waals surface area contributed by atoms with E-state index in [2.05, 4.69) is 20.3 Å². The number of aromatic nitrogens is 1. The average molecular weight is 203 g/mol. The molecule has 1 aromatic rings. The zero-order chi connectivity index (χ0) is 10.7. The van der Waals surface area contributed by atoms with E-state index in [9.17, 15) is 4.79 Å². The molecule has 1 aliphatic heterocycles. The van der Waals surface area contributed by atoms with Gasteiger partial charge in [0.05, 0.1) is 11.4 Å². The lowest BCUT2D eigenvalue weighted by molar-refractivity contribution is -0.117. The molecule has 2 rings (SSSR count). The summed E-state index contributed by atoms with van der Waals surface area (Å²) in [5, 5.41) is 6.14. The molecular formula is C9H9N5O. The van der Waals surface area contributed by atoms with Crippen molar-refractivity contribution in [2.24, 2.45) is 5.11 Å². The van der Waals surface area contributed by atoms with E-state index < -0.39 is 6.04 Å². The average Bonchev–Trinajstić information content (AvgIpc) is 2.40. The molecule has 0 aromatic carbocycles. The minimum Gasteiger partial charge on any atom is -0.324 e. The van der Waals surface area contributed by atoms with Gasteiger partial charge in [0.1, 0.15) is 6.04 Å². The molecule has 1 amide bonds. The first-order chi connectivity index (χ1) is 7.31. The van der Waals surface area contributed by atoms with Crippen LogP contribution in [0.15, 0.2) is 23.4 Å². The maximum atomic E-state index is 11.6. The van der Waals surface area contributed by atoms with Crippen molar-refractivity contribution in [1.29, 1.82) is 0 Å². The van der Waals surface area contributed by atoms with Crippen LogP contribution in [0.25, 0.3) is 10.4 Å². The van der Waals surface area contributed by atoms with Crippen molar-refractivity contribution in [3.05, 3.63) is 34.5 Å². The zero-order valence-electron chi connectivity index (χ0n) is 7.92. The number of pyridine rings is 1. The molecule has 1 N–H and O–H groups in total. The number of hydrogen-bond acceptors (Lipinski definition) is 3. The number of hydrogen-bond donors (Lipinski definition) is 1. The fraction of sp³-hybridized carbons (Fsp3) is 0.333. The minimum atomic E-state index is -0.635. The quantitative estimate of drug-likeness (QED) is 0.427. The molecule has 6 nitrogen and oxygen atoms in total. The SMILES string of the molecule is [N-]=[N+]=NC1CCc2ncccc2NC1=O. The van der Waals surface area contributed by atoms with Gasteiger partial charge in [-0.1, -0.05) is 5.11 Å². The summed E-state index contributed by atoms with van der Waals surface area (Å²) < 4.78 is 0. The normalized spacial score (nSPS) is 19.5. The number of carbonyl (C=O) groups is 1. The number of aryl methyl sites for hydroxylation is 1. The van der Waals surface area contributed by atoms with Gasteiger partial charge in [0.15, 0.2) is 0 Å². The van der Waals surface area contributed by atoms with Crippen molar-refractivity contribution < 1.29 is 4.79 Å². The maximum absolute atomic E-state index is 11.6. The van der Waals surface area contributed by atoms with Crippen LogP contribution in [0.5, 0.6) is 0 Å². The second-order valence-corrected chi connectivity index (χ2v) is 3.25. The number of amides is 1. The molecule has 6 heteroatoms. The van der Waals surface area contributed by atoms with Crippen LogP contribution >= 0.6 is 0 Å². The Morgan fingerprint density at radius 3 is 3.33 bits per heavy atom. The van der Waals surface area contributed by atoms with E-state index in [1.54, 1.807) is 18.3 Å². The molecule has 0 spiro atoms. The van der Waals surface area contributed by atoms with Crippen LogP contribution in [0.4, 0.5) is 5.69 Å². The summed E-state index contributed by atoms with van der Waals surface area (Å²) in [5.74, 6) is -0.264. The van der Waals surface area contributed by atoms with Crippen molar-refractivity contribution in [2.45, 2.75) is 18.9 Å². The summed E-state index contributed by atoms with van der Waals surface area (Å²) in [7, 11) is 0. The maximum Gasteiger partial charge on any atom is 0.233 e. The summed E-state index contributed by atoms with van der Waals surface area (Å²) in [5.41, 5.74) is 9.85. The van der Waals surface area contributed by atoms with E-state index in [-0.39, 0.29) is 5.91 Å². The first kappa shape index (κ1) is 9.48. The van der Waals surface area contributed by atoms with Crippen LogP contribution in [-0.2, 0) is 11.2 Å². The second kappa shape index (κ2) is 3.98. The number of nitrogens with one attached hydrogen (secondary N) is 1. The second-order valence-electron chi connectivity index (χ2n) is 3.25. The Hall–Kier alpha value is -2.07. The van der Waals surface area contributed by atoms with E-state index >= 15 is 0 Å². The summed E-state index contributed by atoms with van der Waals surface area (Å²) >= 11 is 0. The highest BCUT2D eigenvalue weighted by molar-refractivity contribution is 5.96. The Balaban J connectivity index is 2.30. The van der Waals surface area contributed by atoms with Gasteiger partial charge in [0.25, 0.3) is 0 Å². The summed E-state index contributed by atoms with van der Waals surface area (Å²) in [6, 6.07) is 2.91. The van der Waals surface area contributed by atoms with Gasteiger partial charge in [-0.05, 0) is 30.5 Å². The molecule has 0 saturated heterocycles. The van der Waals surface area contributed by atoms with Gasteiger partial charge in [-0.15, -0.1) is 0 Å². The number of carbonyl (C=O) groups excluding carboxylic acids is 1. The van der Waals surface area contributed by atoms with E-state index in [4.69, 9.17) is 5.53 Å². The fourth-order valence-electron chi connectivity index (χ4n) is 1.54. The highest BCUT2D eigenvalue weighted by Crippen LogP contribution is 2.20. The first-order valence-corrected chi connectivity index (χ1v) is 4.60. The molecule has 15 heavy (non-hydrogen) atoms. The Labute approximate surface area is 86.0 Å². The molecule has 0 saturated carbocycles. The van der Waals surface area contributed by atoms with Gasteiger partial charge < -0.3 is 5.32 Å². The van der Waals surface area contributed by atoms with Gasteiger partial charge in [0, 0.05) is 11.1 Å². The molecule has 1 aliphatic rings. The van der Waals surface area contributed by atoms with Crippen LogP contribution in [0.3, 0.4) is 0 Å². The highest BCUT2D eigenvalue weighted by atomic mass is 16.2. The molecule has 0 radical (unpaired) electrons. The van der Waals surface area contributed by atoms with E-state index in [0.717, 1.165) is 5.69 Å². The zero-order valence-corrected chi connectivity index (χ0v) is 7.92. The summed E-state index contributed by atoms with van der Waals surface area (Å²) in [4.78, 5) is 18.4. The van der Waals surface area contributed by atoms with Crippen molar-refractivity contribution in [2.75, 3.05) is 5.32 Å². The molecule has 0 bridgehead atoms. The number of anilines is 1. The predicted molar refractivity (Wildman–Crippen MR) is 54.1 cm³/mol. The lowest BCUT2D eigenvalue weighted by Crippen LogP contribution is -2.24. The van der Waals surface area contributed by atoms with Gasteiger partial charge in [-0.3, -0.25) is 9.78 Å². The van der Waals surface area contributed by atoms with Crippen LogP contribution in [-0.4, -0.2) is 16.9 Å². The van der Waals surface area contributed by atoms with Gasteiger partial charge in [-0.25, -0.2) is 0 Å². The van der Waals surface area contributed by atoms with E-state index in [0.29, 0.717) is 18.5 Å². The Morgan fingerprint density at radius 2 is 2.53 bits per heavy atom. The molecule has 1 unspecified atom stereocenters. The topological polar surface area (TPSA) is 90.8 Å². The van der Waals surface area contributed by atoms with Crippen molar-refractivity contribution in [1.82, 2.24) is 4.98 Å². The minimum absolute atomic E-state index is 0.264. The van der Waals surface area contributed by atoms with Crippen LogP contribution in [0.2, 0.25) is 0 Å². The van der Waals surface area contributed by atoms with Crippen LogP contribution < -0.4 is 5.32 Å². The third-order valence-electron chi connectivity index (χ3n) is 2.30. The fourth-order valence-corrected chi connectivity index (χ4v) is 1.54. The van der Waals surface area contributed by atoms with E-state index in [1.807, 2.05) is 0 Å². The third kappa shape index (κ3) is 1.89. The number of nitrogens with zero attached hydrogens (tertiary/aromatic N) is 4. The van der Waals surface area contributed by atoms with Gasteiger partial charge in [0.2, 0.25) is 5.91 Å². The van der Waals surface area contributed by atoms with Crippen LogP contribution in [0, 0.1) is 0 Å². The summed E-state index contributed by atoms with van der Waals surface area (Å²) in [6.45, 7) is 0. The molecule has 2 heterocycles. The van der Waals surface area contributed by atoms with Crippen LogP contribution in [0.1, 0.15) is 12.1 Å². The third-order valence-corrected chi connectivity index (χ3v) is 2.30. The number of rotatable bonds is 1. The standard InChI is InChI=1S/C9H9N5O/c10-14-13-8-4-3-6-7(12-9(8)15)2-1-5-11-6/h1-2,5,8H,3-4H2,(H,12,15). The molecule has 76 valence electrons. The molecule has 1 atom stereocenters. The smallest absolute Gasteiger partial charge is 0.233 e. The van der Waals surface area contributed by atoms with Crippen molar-refractivity contribution in [3.8, 4) is 0 Å². The molecular weight excluding hydrogens is 194 g/mol. The number of azide groups is 1. The van der Waals surface area contributed by atoms with E-state index in [1.165, 1.54) is 0 Å². The molecule has 0 aliphatic carbocycles.